The molecule has 0 saturated carbocycles. The summed E-state index contributed by atoms with van der Waals surface area (Å²) in [5, 5.41) is 0. The van der Waals surface area contributed by atoms with Crippen LogP contribution in [0.2, 0.25) is 0 Å². The topological polar surface area (TPSA) is 35.2 Å². The van der Waals surface area contributed by atoms with Gasteiger partial charge in [0.25, 0.3) is 0 Å². The number of ether oxygens (including phenoxy) is 1. The van der Waals surface area contributed by atoms with Crippen LogP contribution in [0.25, 0.3) is 0 Å². The van der Waals surface area contributed by atoms with E-state index in [0.717, 1.165) is 26.0 Å². The molecule has 1 aliphatic heterocycles. The number of nitrogens with two attached hydrogens (primary N) is 1. The Hall–Kier alpha value is -0.0800. The first kappa shape index (κ1) is 7.03. The summed E-state index contributed by atoms with van der Waals surface area (Å²) in [5.74, 6) is 0.716. The Morgan fingerprint density at radius 2 is 2.44 bits per heavy atom. The molecule has 54 valence electrons. The van der Waals surface area contributed by atoms with Crippen LogP contribution in [0.5, 0.6) is 0 Å². The summed E-state index contributed by atoms with van der Waals surface area (Å²) in [4.78, 5) is 0. The van der Waals surface area contributed by atoms with Gasteiger partial charge in [-0.15, -0.1) is 0 Å². The molecule has 1 saturated heterocycles. The van der Waals surface area contributed by atoms with Crippen molar-refractivity contribution in [3.63, 3.8) is 0 Å². The maximum Gasteiger partial charge on any atom is 0.0550 e. The van der Waals surface area contributed by atoms with Gasteiger partial charge in [-0.25, -0.2) is 0 Å². The van der Waals surface area contributed by atoms with Gasteiger partial charge < -0.3 is 10.5 Å². The second-order valence-electron chi connectivity index (χ2n) is 2.81. The minimum Gasteiger partial charge on any atom is -0.378 e. The lowest BCUT2D eigenvalue weighted by Crippen LogP contribution is -2.27. The zero-order valence-corrected chi connectivity index (χ0v) is 5.97. The van der Waals surface area contributed by atoms with Gasteiger partial charge in [0.15, 0.2) is 0 Å². The standard InChI is InChI=1S/C7H15NO/c1-6-4-7(5-8)2-3-9-6/h6-7H,2-5,8H2,1H3. The Balaban J connectivity index is 2.23. The first-order valence-electron chi connectivity index (χ1n) is 3.64. The lowest BCUT2D eigenvalue weighted by molar-refractivity contribution is 0.00471. The maximum absolute atomic E-state index is 5.51. The van der Waals surface area contributed by atoms with Crippen LogP contribution < -0.4 is 5.73 Å². The fourth-order valence-corrected chi connectivity index (χ4v) is 1.31. The molecule has 1 heterocycles. The first-order valence-corrected chi connectivity index (χ1v) is 3.64. The van der Waals surface area contributed by atoms with Crippen LogP contribution in [0.15, 0.2) is 0 Å². The molecule has 0 amide bonds. The van der Waals surface area contributed by atoms with Gasteiger partial charge in [-0.3, -0.25) is 0 Å². The Morgan fingerprint density at radius 1 is 1.67 bits per heavy atom. The Bertz CT molecular complexity index is 85.0. The van der Waals surface area contributed by atoms with Crippen molar-refractivity contribution in [2.75, 3.05) is 13.2 Å². The van der Waals surface area contributed by atoms with Gasteiger partial charge >= 0.3 is 0 Å². The molecule has 0 spiro atoms. The van der Waals surface area contributed by atoms with Crippen LogP contribution in [-0.4, -0.2) is 19.3 Å². The van der Waals surface area contributed by atoms with E-state index in [1.807, 2.05) is 0 Å². The van der Waals surface area contributed by atoms with Gasteiger partial charge in [-0.2, -0.15) is 0 Å². The van der Waals surface area contributed by atoms with Gasteiger partial charge in [0.1, 0.15) is 0 Å². The van der Waals surface area contributed by atoms with E-state index in [4.69, 9.17) is 10.5 Å². The highest BCUT2D eigenvalue weighted by atomic mass is 16.5. The van der Waals surface area contributed by atoms with Crippen molar-refractivity contribution >= 4 is 0 Å². The van der Waals surface area contributed by atoms with Crippen molar-refractivity contribution in [2.24, 2.45) is 11.7 Å². The molecule has 2 nitrogen and oxygen atoms in total. The minimum atomic E-state index is 0.437. The molecule has 0 aromatic rings. The molecular formula is C7H15NO. The first-order chi connectivity index (χ1) is 4.33. The third-order valence-corrected chi connectivity index (χ3v) is 1.93. The van der Waals surface area contributed by atoms with Crippen LogP contribution in [-0.2, 0) is 4.74 Å². The summed E-state index contributed by atoms with van der Waals surface area (Å²) in [6, 6.07) is 0. The quantitative estimate of drug-likeness (QED) is 0.567. The summed E-state index contributed by atoms with van der Waals surface area (Å²) in [6.07, 6.45) is 2.74. The molecule has 2 N–H and O–H groups in total. The average molecular weight is 129 g/mol. The number of hydrogen-bond acceptors (Lipinski definition) is 2. The average Bonchev–Trinajstić information content (AvgIpc) is 1.88. The van der Waals surface area contributed by atoms with E-state index >= 15 is 0 Å². The summed E-state index contributed by atoms with van der Waals surface area (Å²) >= 11 is 0. The largest absolute Gasteiger partial charge is 0.378 e. The van der Waals surface area contributed by atoms with E-state index in [-0.39, 0.29) is 0 Å². The number of hydrogen-bond donors (Lipinski definition) is 1. The summed E-state index contributed by atoms with van der Waals surface area (Å²) < 4.78 is 5.35. The number of rotatable bonds is 1. The molecule has 1 aliphatic rings. The molecule has 0 aromatic carbocycles. The third kappa shape index (κ3) is 1.95. The van der Waals surface area contributed by atoms with Gasteiger partial charge in [0.05, 0.1) is 6.10 Å². The lowest BCUT2D eigenvalue weighted by Gasteiger charge is -2.25. The molecule has 0 radical (unpaired) electrons. The highest BCUT2D eigenvalue weighted by Crippen LogP contribution is 2.17. The van der Waals surface area contributed by atoms with E-state index < -0.39 is 0 Å². The lowest BCUT2D eigenvalue weighted by atomic mass is 9.97. The Morgan fingerprint density at radius 3 is 2.89 bits per heavy atom. The van der Waals surface area contributed by atoms with Crippen molar-refractivity contribution in [3.8, 4) is 0 Å². The highest BCUT2D eigenvalue weighted by molar-refractivity contribution is 4.68. The summed E-state index contributed by atoms with van der Waals surface area (Å²) in [5.41, 5.74) is 5.51. The zero-order chi connectivity index (χ0) is 6.69. The molecule has 2 atom stereocenters. The van der Waals surface area contributed by atoms with E-state index in [1.54, 1.807) is 0 Å². The van der Waals surface area contributed by atoms with Gasteiger partial charge in [0, 0.05) is 6.61 Å². The molecule has 1 fully saturated rings. The van der Waals surface area contributed by atoms with E-state index in [2.05, 4.69) is 6.92 Å². The SMILES string of the molecule is CC1CC(CN)CCO1. The van der Waals surface area contributed by atoms with Crippen LogP contribution in [0.3, 0.4) is 0 Å². The van der Waals surface area contributed by atoms with Crippen LogP contribution in [0, 0.1) is 5.92 Å². The van der Waals surface area contributed by atoms with E-state index in [9.17, 15) is 0 Å². The van der Waals surface area contributed by atoms with Crippen LogP contribution in [0.4, 0.5) is 0 Å². The van der Waals surface area contributed by atoms with Crippen molar-refractivity contribution < 1.29 is 4.74 Å². The fourth-order valence-electron chi connectivity index (χ4n) is 1.31. The molecule has 2 heteroatoms. The molecule has 1 rings (SSSR count). The second-order valence-corrected chi connectivity index (χ2v) is 2.81. The van der Waals surface area contributed by atoms with Crippen LogP contribution >= 0.6 is 0 Å². The van der Waals surface area contributed by atoms with Crippen molar-refractivity contribution in [3.05, 3.63) is 0 Å². The molecular weight excluding hydrogens is 114 g/mol. The molecule has 2 unspecified atom stereocenters. The highest BCUT2D eigenvalue weighted by Gasteiger charge is 2.16. The Labute approximate surface area is 56.4 Å². The van der Waals surface area contributed by atoms with Gasteiger partial charge in [-0.1, -0.05) is 0 Å². The minimum absolute atomic E-state index is 0.437. The third-order valence-electron chi connectivity index (χ3n) is 1.93. The summed E-state index contributed by atoms with van der Waals surface area (Å²) in [7, 11) is 0. The maximum atomic E-state index is 5.51. The molecule has 0 aliphatic carbocycles. The van der Waals surface area contributed by atoms with E-state index in [1.165, 1.54) is 0 Å². The monoisotopic (exact) mass is 129 g/mol. The molecule has 9 heavy (non-hydrogen) atoms. The Kier molecular flexibility index (Phi) is 2.49. The zero-order valence-electron chi connectivity index (χ0n) is 5.97. The normalized spacial score (nSPS) is 36.7. The van der Waals surface area contributed by atoms with Crippen molar-refractivity contribution in [1.82, 2.24) is 0 Å². The van der Waals surface area contributed by atoms with Crippen molar-refractivity contribution in [2.45, 2.75) is 25.9 Å². The van der Waals surface area contributed by atoms with Gasteiger partial charge in [-0.05, 0) is 32.2 Å². The fraction of sp³-hybridized carbons (Fsp3) is 1.00. The molecule has 0 aromatic heterocycles. The van der Waals surface area contributed by atoms with Crippen LogP contribution in [0.1, 0.15) is 19.8 Å². The van der Waals surface area contributed by atoms with Gasteiger partial charge in [0.2, 0.25) is 0 Å². The molecule has 0 bridgehead atoms. The van der Waals surface area contributed by atoms with Crippen molar-refractivity contribution in [1.29, 1.82) is 0 Å². The smallest absolute Gasteiger partial charge is 0.0550 e. The predicted molar refractivity (Wildman–Crippen MR) is 37.2 cm³/mol. The van der Waals surface area contributed by atoms with E-state index in [0.29, 0.717) is 12.0 Å². The summed E-state index contributed by atoms with van der Waals surface area (Å²) in [6.45, 7) is 3.85. The second kappa shape index (κ2) is 3.18. The predicted octanol–water partition coefficient (Wildman–Crippen LogP) is 0.760.